The van der Waals surface area contributed by atoms with E-state index in [1.54, 1.807) is 6.07 Å². The molecule has 1 aromatic rings. The summed E-state index contributed by atoms with van der Waals surface area (Å²) in [5.74, 6) is -1.70. The van der Waals surface area contributed by atoms with Gasteiger partial charge in [-0.2, -0.15) is 0 Å². The molecular formula is C19H20BrNO5. The van der Waals surface area contributed by atoms with Crippen LogP contribution in [0.15, 0.2) is 16.6 Å². The van der Waals surface area contributed by atoms with Gasteiger partial charge in [-0.05, 0) is 55.9 Å². The summed E-state index contributed by atoms with van der Waals surface area (Å²) < 4.78 is 11.5. The quantitative estimate of drug-likeness (QED) is 0.755. The van der Waals surface area contributed by atoms with Crippen LogP contribution in [0.1, 0.15) is 24.0 Å². The predicted molar refractivity (Wildman–Crippen MR) is 96.3 cm³/mol. The molecule has 2 saturated carbocycles. The monoisotopic (exact) mass is 421 g/mol. The van der Waals surface area contributed by atoms with Gasteiger partial charge in [-0.3, -0.25) is 14.4 Å². The van der Waals surface area contributed by atoms with Crippen LogP contribution in [0.2, 0.25) is 0 Å². The normalized spacial score (nSPS) is 31.0. The Kier molecular flexibility index (Phi) is 4.29. The fourth-order valence-corrected chi connectivity index (χ4v) is 5.10. The molecule has 7 heteroatoms. The zero-order valence-electron chi connectivity index (χ0n) is 14.6. The zero-order chi connectivity index (χ0) is 18.6. The van der Waals surface area contributed by atoms with Crippen molar-refractivity contribution in [3.63, 3.8) is 0 Å². The molecule has 0 unspecified atom stereocenters. The van der Waals surface area contributed by atoms with Crippen molar-refractivity contribution in [1.82, 2.24) is 0 Å². The van der Waals surface area contributed by atoms with Crippen molar-refractivity contribution in [2.24, 2.45) is 23.7 Å². The van der Waals surface area contributed by atoms with Crippen molar-refractivity contribution in [2.45, 2.75) is 32.8 Å². The van der Waals surface area contributed by atoms with Crippen molar-refractivity contribution in [2.75, 3.05) is 11.9 Å². The molecule has 3 fully saturated rings. The van der Waals surface area contributed by atoms with Gasteiger partial charge < -0.3 is 14.8 Å². The molecule has 1 aromatic carbocycles. The lowest BCUT2D eigenvalue weighted by Crippen LogP contribution is -2.35. The fraction of sp³-hybridized carbons (Fsp3) is 0.526. The second-order valence-corrected chi connectivity index (χ2v) is 8.28. The van der Waals surface area contributed by atoms with E-state index in [4.69, 9.17) is 9.47 Å². The molecule has 4 rings (SSSR count). The number of rotatable bonds is 4. The van der Waals surface area contributed by atoms with E-state index in [1.165, 1.54) is 0 Å². The van der Waals surface area contributed by atoms with Crippen LogP contribution in [0, 0.1) is 37.5 Å². The van der Waals surface area contributed by atoms with E-state index in [2.05, 4.69) is 21.2 Å². The number of fused-ring (bicyclic) bond motifs is 1. The molecule has 138 valence electrons. The molecule has 3 aliphatic rings. The Morgan fingerprint density at radius 1 is 1.27 bits per heavy atom. The Hall–Kier alpha value is -1.89. The molecule has 1 aliphatic heterocycles. The number of anilines is 1. The Bertz CT molecular complexity index is 805. The third-order valence-electron chi connectivity index (χ3n) is 6.10. The van der Waals surface area contributed by atoms with Crippen LogP contribution in [-0.4, -0.2) is 30.6 Å². The summed E-state index contributed by atoms with van der Waals surface area (Å²) in [6.45, 7) is 3.52. The first-order chi connectivity index (χ1) is 12.4. The molecule has 5 atom stereocenters. The van der Waals surface area contributed by atoms with E-state index in [0.29, 0.717) is 5.69 Å². The van der Waals surface area contributed by atoms with E-state index >= 15 is 0 Å². The summed E-state index contributed by atoms with van der Waals surface area (Å²) in [4.78, 5) is 36.6. The molecule has 1 N–H and O–H groups in total. The van der Waals surface area contributed by atoms with Crippen molar-refractivity contribution in [1.29, 1.82) is 0 Å². The number of esters is 2. The first-order valence-corrected chi connectivity index (χ1v) is 9.58. The van der Waals surface area contributed by atoms with E-state index in [1.807, 2.05) is 19.9 Å². The number of amides is 1. The number of halogens is 1. The second-order valence-electron chi connectivity index (χ2n) is 7.42. The van der Waals surface area contributed by atoms with Crippen LogP contribution in [-0.2, 0) is 23.9 Å². The summed E-state index contributed by atoms with van der Waals surface area (Å²) in [6, 6.07) is 3.66. The predicted octanol–water partition coefficient (Wildman–Crippen LogP) is 2.75. The molecule has 1 heterocycles. The summed E-state index contributed by atoms with van der Waals surface area (Å²) in [6.07, 6.45) is 1.55. The number of benzene rings is 1. The Balaban J connectivity index is 1.36. The third kappa shape index (κ3) is 2.73. The largest absolute Gasteiger partial charge is 0.462 e. The van der Waals surface area contributed by atoms with Crippen molar-refractivity contribution in [3.05, 3.63) is 27.7 Å². The number of hydrogen-bond donors (Lipinski definition) is 1. The molecule has 2 aliphatic carbocycles. The highest BCUT2D eigenvalue weighted by Crippen LogP contribution is 2.57. The fourth-order valence-electron chi connectivity index (χ4n) is 4.67. The topological polar surface area (TPSA) is 81.7 Å². The minimum Gasteiger partial charge on any atom is -0.462 e. The van der Waals surface area contributed by atoms with Gasteiger partial charge >= 0.3 is 11.9 Å². The lowest BCUT2D eigenvalue weighted by molar-refractivity contribution is -0.157. The molecular weight excluding hydrogens is 402 g/mol. The van der Waals surface area contributed by atoms with Gasteiger partial charge in [0.05, 0.1) is 11.8 Å². The highest BCUT2D eigenvalue weighted by atomic mass is 79.9. The van der Waals surface area contributed by atoms with Crippen LogP contribution in [0.25, 0.3) is 0 Å². The minimum absolute atomic E-state index is 0.0199. The maximum Gasteiger partial charge on any atom is 0.310 e. The molecule has 1 saturated heterocycles. The maximum atomic E-state index is 12.5. The van der Waals surface area contributed by atoms with E-state index in [9.17, 15) is 14.4 Å². The summed E-state index contributed by atoms with van der Waals surface area (Å²) in [5, 5.41) is 2.77. The Labute approximate surface area is 159 Å². The highest BCUT2D eigenvalue weighted by molar-refractivity contribution is 9.10. The highest BCUT2D eigenvalue weighted by Gasteiger charge is 2.64. The number of carbonyl (C=O) groups excluding carboxylic acids is 3. The van der Waals surface area contributed by atoms with Gasteiger partial charge in [0.15, 0.2) is 6.61 Å². The lowest BCUT2D eigenvalue weighted by atomic mass is 9.80. The summed E-state index contributed by atoms with van der Waals surface area (Å²) >= 11 is 3.45. The number of hydrogen-bond acceptors (Lipinski definition) is 5. The number of ether oxygens (including phenoxy) is 2. The standard InChI is InChI=1S/C19H20BrNO5/c1-8-9(2)13(4-3-12(8)20)21-15(22)7-25-18(23)16-10-5-11-14(6-10)26-19(24)17(11)16/h3-4,10-11,14,16-17H,5-7H2,1-2H3,(H,21,22)/t10-,11-,14+,16-,17-/m0/s1. The van der Waals surface area contributed by atoms with Gasteiger partial charge in [-0.25, -0.2) is 0 Å². The Morgan fingerprint density at radius 2 is 2.04 bits per heavy atom. The molecule has 0 spiro atoms. The molecule has 6 nitrogen and oxygen atoms in total. The average Bonchev–Trinajstić information content (AvgIpc) is 3.22. The average molecular weight is 422 g/mol. The molecule has 0 aromatic heterocycles. The van der Waals surface area contributed by atoms with Crippen LogP contribution in [0.3, 0.4) is 0 Å². The molecule has 2 bridgehead atoms. The van der Waals surface area contributed by atoms with Crippen LogP contribution < -0.4 is 5.32 Å². The summed E-state index contributed by atoms with van der Waals surface area (Å²) in [5.41, 5.74) is 2.68. The van der Waals surface area contributed by atoms with Gasteiger partial charge in [0, 0.05) is 16.1 Å². The molecule has 26 heavy (non-hydrogen) atoms. The number of nitrogens with one attached hydrogen (secondary N) is 1. The van der Waals surface area contributed by atoms with Crippen LogP contribution in [0.5, 0.6) is 0 Å². The number of carbonyl (C=O) groups is 3. The smallest absolute Gasteiger partial charge is 0.310 e. The van der Waals surface area contributed by atoms with E-state index < -0.39 is 17.8 Å². The van der Waals surface area contributed by atoms with E-state index in [0.717, 1.165) is 28.4 Å². The van der Waals surface area contributed by atoms with Gasteiger partial charge in [0.2, 0.25) is 0 Å². The SMILES string of the molecule is Cc1c(Br)ccc(NC(=O)COC(=O)[C@H]2[C@H]3C[C@@H]4[C@@H]2C(=O)O[C@@H]4C3)c1C. The van der Waals surface area contributed by atoms with Crippen LogP contribution in [0.4, 0.5) is 5.69 Å². The van der Waals surface area contributed by atoms with Gasteiger partial charge in [-0.15, -0.1) is 0 Å². The van der Waals surface area contributed by atoms with Gasteiger partial charge in [-0.1, -0.05) is 15.9 Å². The zero-order valence-corrected chi connectivity index (χ0v) is 16.2. The van der Waals surface area contributed by atoms with Crippen LogP contribution >= 0.6 is 15.9 Å². The van der Waals surface area contributed by atoms with Crippen molar-refractivity contribution < 1.29 is 23.9 Å². The van der Waals surface area contributed by atoms with Gasteiger partial charge in [0.1, 0.15) is 6.10 Å². The minimum atomic E-state index is -0.462. The molecule has 0 radical (unpaired) electrons. The van der Waals surface area contributed by atoms with Crippen molar-refractivity contribution in [3.8, 4) is 0 Å². The first-order valence-electron chi connectivity index (χ1n) is 8.79. The van der Waals surface area contributed by atoms with Gasteiger partial charge in [0.25, 0.3) is 5.91 Å². The maximum absolute atomic E-state index is 12.5. The molecule has 1 amide bonds. The Morgan fingerprint density at radius 3 is 2.81 bits per heavy atom. The lowest BCUT2D eigenvalue weighted by Gasteiger charge is -2.22. The first kappa shape index (κ1) is 17.5. The third-order valence-corrected chi connectivity index (χ3v) is 6.96. The van der Waals surface area contributed by atoms with E-state index in [-0.39, 0.29) is 36.4 Å². The van der Waals surface area contributed by atoms with Crippen molar-refractivity contribution >= 4 is 39.5 Å². The second kappa shape index (κ2) is 6.37. The summed E-state index contributed by atoms with van der Waals surface area (Å²) in [7, 11) is 0.